The van der Waals surface area contributed by atoms with Crippen LogP contribution in [-0.4, -0.2) is 53.1 Å². The van der Waals surface area contributed by atoms with Gasteiger partial charge >= 0.3 is 12.5 Å². The zero-order chi connectivity index (χ0) is 22.0. The molecule has 3 saturated heterocycles. The summed E-state index contributed by atoms with van der Waals surface area (Å²) in [6.45, 7) is 6.24. The summed E-state index contributed by atoms with van der Waals surface area (Å²) in [6, 6.07) is 1.22. The van der Waals surface area contributed by atoms with Gasteiger partial charge in [-0.3, -0.25) is 4.90 Å². The third-order valence-electron chi connectivity index (χ3n) is 4.80. The molecule has 5 rings (SSSR count). The van der Waals surface area contributed by atoms with Crippen LogP contribution in [0.3, 0.4) is 0 Å². The van der Waals surface area contributed by atoms with Gasteiger partial charge < -0.3 is 18.8 Å². The Kier molecular flexibility index (Phi) is 5.04. The predicted molar refractivity (Wildman–Crippen MR) is 106 cm³/mol. The van der Waals surface area contributed by atoms with E-state index in [4.69, 9.17) is 20.8 Å². The summed E-state index contributed by atoms with van der Waals surface area (Å²) in [5.74, 6) is -0.616. The van der Waals surface area contributed by atoms with Gasteiger partial charge in [0, 0.05) is 13.1 Å². The predicted octanol–water partition coefficient (Wildman–Crippen LogP) is 5.34. The number of ether oxygens (including phenoxy) is 2. The number of rotatable bonds is 2. The fourth-order valence-electron chi connectivity index (χ4n) is 3.71. The van der Waals surface area contributed by atoms with Gasteiger partial charge in [0.1, 0.15) is 5.60 Å². The molecular weight excluding hydrogens is 495 g/mol. The molecule has 0 aliphatic carbocycles. The van der Waals surface area contributed by atoms with Gasteiger partial charge in [-0.05, 0) is 49.2 Å². The van der Waals surface area contributed by atoms with Crippen molar-refractivity contribution in [2.75, 3.05) is 18.0 Å². The van der Waals surface area contributed by atoms with E-state index in [1.54, 1.807) is 30.6 Å². The minimum atomic E-state index is -4.93. The third kappa shape index (κ3) is 4.01. The molecule has 164 valence electrons. The molecule has 30 heavy (non-hydrogen) atoms. The summed E-state index contributed by atoms with van der Waals surface area (Å²) < 4.78 is 54.0. The second kappa shape index (κ2) is 7.08. The van der Waals surface area contributed by atoms with Crippen LogP contribution in [0.15, 0.2) is 15.0 Å². The summed E-state index contributed by atoms with van der Waals surface area (Å²) in [5, 5.41) is -0.246. The highest BCUT2D eigenvalue weighted by atomic mass is 79.9. The molecule has 2 aromatic rings. The summed E-state index contributed by atoms with van der Waals surface area (Å²) in [5.41, 5.74) is -0.636. The van der Waals surface area contributed by atoms with Crippen LogP contribution in [0.1, 0.15) is 27.2 Å². The Balaban J connectivity index is 1.58. The molecule has 1 aromatic carbocycles. The highest BCUT2D eigenvalue weighted by Gasteiger charge is 2.49. The molecule has 2 bridgehead atoms. The van der Waals surface area contributed by atoms with Crippen LogP contribution in [0.5, 0.6) is 5.75 Å². The van der Waals surface area contributed by atoms with Gasteiger partial charge in [0.15, 0.2) is 16.8 Å². The molecule has 12 heteroatoms. The van der Waals surface area contributed by atoms with Crippen molar-refractivity contribution in [3.63, 3.8) is 0 Å². The van der Waals surface area contributed by atoms with Crippen LogP contribution in [0.2, 0.25) is 5.02 Å². The van der Waals surface area contributed by atoms with Gasteiger partial charge in [0.05, 0.1) is 21.6 Å². The summed E-state index contributed by atoms with van der Waals surface area (Å²) in [4.78, 5) is 20.1. The molecule has 3 aliphatic heterocycles. The van der Waals surface area contributed by atoms with E-state index < -0.39 is 17.7 Å². The number of piperidine rings is 1. The lowest BCUT2D eigenvalue weighted by atomic mass is 9.88. The Hall–Kier alpha value is -1.88. The Morgan fingerprint density at radius 2 is 1.93 bits per heavy atom. The largest absolute Gasteiger partial charge is 0.573 e. The topological polar surface area (TPSA) is 68.0 Å². The van der Waals surface area contributed by atoms with Crippen LogP contribution in [0.4, 0.5) is 24.0 Å². The number of carbonyl (C=O) groups is 1. The van der Waals surface area contributed by atoms with Crippen LogP contribution in [0.25, 0.3) is 11.1 Å². The number of halogens is 5. The fraction of sp³-hybridized carbons (Fsp3) is 0.556. The monoisotopic (exact) mass is 511 g/mol. The first-order valence-corrected chi connectivity index (χ1v) is 10.3. The first-order valence-electron chi connectivity index (χ1n) is 9.13. The lowest BCUT2D eigenvalue weighted by Gasteiger charge is -2.55. The normalized spacial score (nSPS) is 21.6. The molecular formula is C18H18BrClF3N3O4. The van der Waals surface area contributed by atoms with E-state index in [2.05, 4.69) is 25.7 Å². The maximum absolute atomic E-state index is 12.8. The van der Waals surface area contributed by atoms with Gasteiger partial charge in [-0.2, -0.15) is 4.98 Å². The zero-order valence-corrected chi connectivity index (χ0v) is 18.6. The van der Waals surface area contributed by atoms with Crippen molar-refractivity contribution in [3.8, 4) is 5.75 Å². The van der Waals surface area contributed by atoms with Crippen molar-refractivity contribution in [1.29, 1.82) is 0 Å². The van der Waals surface area contributed by atoms with E-state index in [1.165, 1.54) is 6.07 Å². The number of hydrogen-bond donors (Lipinski definition) is 0. The second-order valence-corrected chi connectivity index (χ2v) is 9.49. The van der Waals surface area contributed by atoms with E-state index in [9.17, 15) is 18.0 Å². The number of nitrogens with zero attached hydrogens (tertiary/aromatic N) is 3. The fourth-order valence-corrected chi connectivity index (χ4v) is 4.57. The lowest BCUT2D eigenvalue weighted by molar-refractivity contribution is -0.274. The highest BCUT2D eigenvalue weighted by molar-refractivity contribution is 9.10. The van der Waals surface area contributed by atoms with E-state index in [-0.39, 0.29) is 40.3 Å². The number of anilines is 1. The number of oxazole rings is 1. The van der Waals surface area contributed by atoms with Crippen molar-refractivity contribution in [1.82, 2.24) is 9.88 Å². The first kappa shape index (κ1) is 21.4. The smallest absolute Gasteiger partial charge is 0.444 e. The van der Waals surface area contributed by atoms with E-state index in [1.807, 2.05) is 0 Å². The molecule has 0 spiro atoms. The van der Waals surface area contributed by atoms with Crippen molar-refractivity contribution >= 4 is 50.7 Å². The van der Waals surface area contributed by atoms with Crippen LogP contribution < -0.4 is 9.64 Å². The number of aromatic nitrogens is 1. The molecule has 0 N–H and O–H groups in total. The number of hydrogen-bond acceptors (Lipinski definition) is 6. The molecule has 2 unspecified atom stereocenters. The molecule has 0 radical (unpaired) electrons. The Labute approximate surface area is 183 Å². The number of fused-ring (bicyclic) bond motifs is 3. The molecule has 0 saturated carbocycles. The number of alkyl halides is 3. The van der Waals surface area contributed by atoms with E-state index in [0.717, 1.165) is 6.42 Å². The average molecular weight is 513 g/mol. The molecule has 3 fully saturated rings. The number of amides is 1. The van der Waals surface area contributed by atoms with Crippen LogP contribution >= 0.6 is 27.5 Å². The number of carbonyl (C=O) groups excluding carboxylic acids is 1. The van der Waals surface area contributed by atoms with Gasteiger partial charge in [0.2, 0.25) is 0 Å². The maximum atomic E-state index is 12.8. The summed E-state index contributed by atoms with van der Waals surface area (Å²) in [7, 11) is 0. The van der Waals surface area contributed by atoms with Crippen molar-refractivity contribution in [2.24, 2.45) is 0 Å². The van der Waals surface area contributed by atoms with E-state index >= 15 is 0 Å². The SMILES string of the molecule is CC(C)(C)OC(=O)N1C2CC1CN(c1nc3c(OC(F)(F)F)c(Cl)cc(Br)c3o1)C2. The molecule has 7 nitrogen and oxygen atoms in total. The van der Waals surface area contributed by atoms with Crippen molar-refractivity contribution in [2.45, 2.75) is 51.2 Å². The molecule has 4 heterocycles. The molecule has 2 atom stereocenters. The standard InChI is InChI=1S/C18H18BrClF3N3O4/c1-17(2,3)30-16(27)26-8-4-9(26)7-25(6-8)15-24-12-13(28-15)10(19)5-11(20)14(12)29-18(21,22)23/h5,8-9H,4,6-7H2,1-3H3. The number of benzene rings is 1. The summed E-state index contributed by atoms with van der Waals surface area (Å²) >= 11 is 9.17. The van der Waals surface area contributed by atoms with Crippen molar-refractivity contribution < 1.29 is 31.9 Å². The average Bonchev–Trinajstić information content (AvgIpc) is 3.02. The van der Waals surface area contributed by atoms with Crippen LogP contribution in [0, 0.1) is 0 Å². The maximum Gasteiger partial charge on any atom is 0.573 e. The Morgan fingerprint density at radius 1 is 1.30 bits per heavy atom. The van der Waals surface area contributed by atoms with Crippen molar-refractivity contribution in [3.05, 3.63) is 15.6 Å². The van der Waals surface area contributed by atoms with Gasteiger partial charge in [-0.15, -0.1) is 13.2 Å². The van der Waals surface area contributed by atoms with Gasteiger partial charge in [-0.1, -0.05) is 11.6 Å². The van der Waals surface area contributed by atoms with Crippen LogP contribution in [-0.2, 0) is 4.74 Å². The van der Waals surface area contributed by atoms with Gasteiger partial charge in [0.25, 0.3) is 6.01 Å². The third-order valence-corrected chi connectivity index (χ3v) is 5.67. The Bertz CT molecular complexity index is 995. The number of piperazine rings is 1. The summed E-state index contributed by atoms with van der Waals surface area (Å²) in [6.07, 6.45) is -4.49. The second-order valence-electron chi connectivity index (χ2n) is 8.23. The first-order chi connectivity index (χ1) is 13.8. The highest BCUT2D eigenvalue weighted by Crippen LogP contribution is 2.43. The minimum absolute atomic E-state index is 0.0912. The lowest BCUT2D eigenvalue weighted by Crippen LogP contribution is -2.70. The van der Waals surface area contributed by atoms with Gasteiger partial charge in [-0.25, -0.2) is 4.79 Å². The van der Waals surface area contributed by atoms with E-state index in [0.29, 0.717) is 17.6 Å². The Morgan fingerprint density at radius 3 is 2.50 bits per heavy atom. The molecule has 1 amide bonds. The zero-order valence-electron chi connectivity index (χ0n) is 16.2. The minimum Gasteiger partial charge on any atom is -0.444 e. The molecule has 1 aromatic heterocycles. The molecule has 3 aliphatic rings. The quantitative estimate of drug-likeness (QED) is 0.541.